The molecule has 0 spiro atoms. The van der Waals surface area contributed by atoms with Crippen LogP contribution in [0.2, 0.25) is 0 Å². The van der Waals surface area contributed by atoms with E-state index in [0.717, 1.165) is 155 Å². The molecule has 16 rings (SSSR count). The lowest BCUT2D eigenvalue weighted by atomic mass is 9.89. The molecule has 6 heteroatoms. The van der Waals surface area contributed by atoms with Crippen molar-refractivity contribution in [2.75, 3.05) is 0 Å². The van der Waals surface area contributed by atoms with E-state index in [9.17, 15) is 5.26 Å². The molecule has 0 saturated heterocycles. The molecule has 0 unspecified atom stereocenters. The van der Waals surface area contributed by atoms with Gasteiger partial charge in [-0.25, -0.2) is 4.98 Å². The van der Waals surface area contributed by atoms with E-state index in [4.69, 9.17) is 4.98 Å². The van der Waals surface area contributed by atoms with Crippen LogP contribution in [0.15, 0.2) is 243 Å². The number of nitrogens with zero attached hydrogens (tertiary/aromatic N) is 6. The Morgan fingerprint density at radius 1 is 0.305 bits per heavy atom. The fourth-order valence-corrected chi connectivity index (χ4v) is 13.5. The number of fused-ring (bicyclic) bond motifs is 12. The number of para-hydroxylation sites is 4. The number of benzene rings is 11. The van der Waals surface area contributed by atoms with Crippen LogP contribution < -0.4 is 0 Å². The fourth-order valence-electron chi connectivity index (χ4n) is 13.5. The van der Waals surface area contributed by atoms with E-state index in [1.165, 1.54) is 11.1 Å². The summed E-state index contributed by atoms with van der Waals surface area (Å²) in [7, 11) is 0. The average molecular weight is 1050 g/mol. The van der Waals surface area contributed by atoms with Gasteiger partial charge in [0.15, 0.2) is 0 Å². The normalized spacial score (nSPS) is 11.9. The summed E-state index contributed by atoms with van der Waals surface area (Å²) < 4.78 is 9.90. The lowest BCUT2D eigenvalue weighted by Crippen LogP contribution is -2.17. The predicted molar refractivity (Wildman–Crippen MR) is 342 cm³/mol. The summed E-state index contributed by atoms with van der Waals surface area (Å²) >= 11 is 0. The van der Waals surface area contributed by atoms with Crippen molar-refractivity contribution in [2.45, 2.75) is 27.7 Å². The summed E-state index contributed by atoms with van der Waals surface area (Å²) in [5, 5.41) is 22.1. The first-order valence-corrected chi connectivity index (χ1v) is 28.1. The van der Waals surface area contributed by atoms with Crippen LogP contribution in [0.3, 0.4) is 0 Å². The molecule has 0 fully saturated rings. The third-order valence-corrected chi connectivity index (χ3v) is 17.0. The number of nitriles is 1. The first-order valence-electron chi connectivity index (χ1n) is 28.1. The minimum atomic E-state index is 0.510. The van der Waals surface area contributed by atoms with Gasteiger partial charge in [0.05, 0.1) is 83.8 Å². The molecule has 0 aliphatic carbocycles. The van der Waals surface area contributed by atoms with E-state index in [1.807, 2.05) is 6.07 Å². The molecule has 16 aromatic rings. The predicted octanol–water partition coefficient (Wildman–Crippen LogP) is 19.6. The second-order valence-corrected chi connectivity index (χ2v) is 22.1. The van der Waals surface area contributed by atoms with Gasteiger partial charge in [-0.15, -0.1) is 0 Å². The Hall–Kier alpha value is -10.7. The molecule has 6 nitrogen and oxygen atoms in total. The molecule has 0 saturated carbocycles. The SMILES string of the molecule is Cc1ccc2c(c1)c1ccccc1n2-c1c(C#N)c(-c2ccc(-c3ccccc3)nc2-c2ccccc2)c(-n2c3ccccc3c3cc(C)ccc32)c(-n2c3ccccc3c3cc(C)ccc32)c1-n1c2ccccc2c2cc(C)ccc21. The third kappa shape index (κ3) is 6.90. The summed E-state index contributed by atoms with van der Waals surface area (Å²) in [5.41, 5.74) is 21.9. The highest BCUT2D eigenvalue weighted by molar-refractivity contribution is 6.18. The molecule has 5 aromatic heterocycles. The summed E-state index contributed by atoms with van der Waals surface area (Å²) in [5.74, 6) is 0. The van der Waals surface area contributed by atoms with Gasteiger partial charge in [0.2, 0.25) is 0 Å². The molecule has 0 atom stereocenters. The molecule has 0 bridgehead atoms. The van der Waals surface area contributed by atoms with Gasteiger partial charge >= 0.3 is 0 Å². The van der Waals surface area contributed by atoms with Gasteiger partial charge in [0.25, 0.3) is 0 Å². The first kappa shape index (κ1) is 47.3. The molecule has 5 heterocycles. The first-order chi connectivity index (χ1) is 40.3. The van der Waals surface area contributed by atoms with E-state index in [-0.39, 0.29) is 0 Å². The van der Waals surface area contributed by atoms with E-state index >= 15 is 0 Å². The summed E-state index contributed by atoms with van der Waals surface area (Å²) in [6.07, 6.45) is 0. The molecule has 0 amide bonds. The van der Waals surface area contributed by atoms with Crippen LogP contribution in [-0.2, 0) is 0 Å². The minimum Gasteiger partial charge on any atom is -0.306 e. The highest BCUT2D eigenvalue weighted by Crippen LogP contribution is 2.53. The molecule has 11 aromatic carbocycles. The van der Waals surface area contributed by atoms with E-state index in [1.54, 1.807) is 0 Å². The highest BCUT2D eigenvalue weighted by atomic mass is 15.1. The number of aryl methyl sites for hydroxylation is 4. The van der Waals surface area contributed by atoms with Crippen LogP contribution in [0.25, 0.3) is 144 Å². The molecule has 0 aliphatic heterocycles. The van der Waals surface area contributed by atoms with Crippen LogP contribution in [-0.4, -0.2) is 23.3 Å². The Labute approximate surface area is 473 Å². The van der Waals surface area contributed by atoms with Gasteiger partial charge in [-0.3, -0.25) is 0 Å². The maximum Gasteiger partial charge on any atom is 0.102 e. The van der Waals surface area contributed by atoms with Crippen LogP contribution >= 0.6 is 0 Å². The molecule has 0 N–H and O–H groups in total. The van der Waals surface area contributed by atoms with Crippen molar-refractivity contribution < 1.29 is 0 Å². The molecule has 0 aliphatic rings. The van der Waals surface area contributed by atoms with Crippen molar-refractivity contribution >= 4 is 87.2 Å². The van der Waals surface area contributed by atoms with Crippen molar-refractivity contribution in [1.82, 2.24) is 23.3 Å². The van der Waals surface area contributed by atoms with Crippen LogP contribution in [0.4, 0.5) is 0 Å². The van der Waals surface area contributed by atoms with Gasteiger partial charge < -0.3 is 18.3 Å². The quantitative estimate of drug-likeness (QED) is 0.160. The zero-order chi connectivity index (χ0) is 54.9. The Morgan fingerprint density at radius 3 is 1.04 bits per heavy atom. The van der Waals surface area contributed by atoms with Gasteiger partial charge in [0, 0.05) is 65.3 Å². The second-order valence-electron chi connectivity index (χ2n) is 22.1. The Morgan fingerprint density at radius 2 is 0.634 bits per heavy atom. The highest BCUT2D eigenvalue weighted by Gasteiger charge is 2.36. The third-order valence-electron chi connectivity index (χ3n) is 17.0. The topological polar surface area (TPSA) is 56.4 Å². The average Bonchev–Trinajstić information content (AvgIpc) is 1.74. The van der Waals surface area contributed by atoms with Crippen molar-refractivity contribution in [3.8, 4) is 62.5 Å². The van der Waals surface area contributed by atoms with Gasteiger partial charge in [-0.05, 0) is 113 Å². The zero-order valence-electron chi connectivity index (χ0n) is 45.8. The van der Waals surface area contributed by atoms with E-state index in [0.29, 0.717) is 5.56 Å². The van der Waals surface area contributed by atoms with Crippen molar-refractivity contribution in [3.05, 3.63) is 270 Å². The Balaban J connectivity index is 1.27. The van der Waals surface area contributed by atoms with Gasteiger partial charge in [-0.1, -0.05) is 180 Å². The van der Waals surface area contributed by atoms with Crippen LogP contribution in [0, 0.1) is 39.0 Å². The largest absolute Gasteiger partial charge is 0.306 e. The number of hydrogen-bond donors (Lipinski definition) is 0. The summed E-state index contributed by atoms with van der Waals surface area (Å²) in [6, 6.07) is 90.9. The molecular weight excluding hydrogens is 997 g/mol. The fraction of sp³-hybridized carbons (Fsp3) is 0.0526. The lowest BCUT2D eigenvalue weighted by Gasteiger charge is -2.30. The van der Waals surface area contributed by atoms with E-state index < -0.39 is 0 Å². The van der Waals surface area contributed by atoms with Crippen LogP contribution in [0.5, 0.6) is 0 Å². The summed E-state index contributed by atoms with van der Waals surface area (Å²) in [6.45, 7) is 8.69. The lowest BCUT2D eigenvalue weighted by molar-refractivity contribution is 1.02. The summed E-state index contributed by atoms with van der Waals surface area (Å²) in [4.78, 5) is 5.75. The Kier molecular flexibility index (Phi) is 10.5. The van der Waals surface area contributed by atoms with Crippen molar-refractivity contribution in [1.29, 1.82) is 5.26 Å². The van der Waals surface area contributed by atoms with Crippen molar-refractivity contribution in [3.63, 3.8) is 0 Å². The number of aromatic nitrogens is 5. The van der Waals surface area contributed by atoms with E-state index in [2.05, 4.69) is 289 Å². The smallest absolute Gasteiger partial charge is 0.102 e. The monoisotopic (exact) mass is 1050 g/mol. The number of hydrogen-bond acceptors (Lipinski definition) is 2. The molecular formula is C76H52N6. The minimum absolute atomic E-state index is 0.510. The van der Waals surface area contributed by atoms with Gasteiger partial charge in [-0.2, -0.15) is 5.26 Å². The molecule has 0 radical (unpaired) electrons. The Bertz CT molecular complexity index is 5390. The van der Waals surface area contributed by atoms with Crippen molar-refractivity contribution in [2.24, 2.45) is 0 Å². The molecule has 82 heavy (non-hydrogen) atoms. The zero-order valence-corrected chi connectivity index (χ0v) is 45.8. The standard InChI is InChI=1S/C76H52N6/c1-46-31-37-67-57(41-46)52-23-11-15-27-63(52)79(67)73-61(45-77)71(56-35-36-62(50-19-7-5-8-20-50)78-72(56)51-21-9-6-10-22-51)74(80-64-28-16-12-24-53(64)58-42-47(2)32-38-68(58)80)76(82-66-30-18-14-26-55(66)60-44-49(4)34-40-70(60)82)75(73)81-65-29-17-13-25-54(65)59-43-48(3)33-39-69(59)81/h5-44H,1-4H3. The number of pyridine rings is 1. The maximum atomic E-state index is 13.1. The van der Waals surface area contributed by atoms with Gasteiger partial charge in [0.1, 0.15) is 6.07 Å². The van der Waals surface area contributed by atoms with Crippen LogP contribution in [0.1, 0.15) is 27.8 Å². The maximum absolute atomic E-state index is 13.1. The number of rotatable bonds is 7. The molecule has 386 valence electrons. The second kappa shape index (κ2) is 18.2.